The number of fused-ring (bicyclic) bond motifs is 8. The molecule has 1 aliphatic carbocycles. The van der Waals surface area contributed by atoms with Crippen molar-refractivity contribution < 1.29 is 33.5 Å². The second-order valence-corrected chi connectivity index (χ2v) is 11.8. The quantitative estimate of drug-likeness (QED) is 0.138. The lowest BCUT2D eigenvalue weighted by Gasteiger charge is -2.39. The van der Waals surface area contributed by atoms with Gasteiger partial charge in [-0.1, -0.05) is 66.7 Å². The average molecular weight is 645 g/mol. The van der Waals surface area contributed by atoms with Gasteiger partial charge in [0.2, 0.25) is 0 Å². The number of methoxy groups -OCH3 is 4. The van der Waals surface area contributed by atoms with Gasteiger partial charge < -0.3 is 23.8 Å². The van der Waals surface area contributed by atoms with Gasteiger partial charge in [-0.3, -0.25) is 10.1 Å². The summed E-state index contributed by atoms with van der Waals surface area (Å²) in [7, 11) is 5.73. The molecular weight excluding hydrogens is 612 g/mol. The van der Waals surface area contributed by atoms with Gasteiger partial charge in [0.15, 0.2) is 11.5 Å². The number of nitro benzene ring substituents is 1. The summed E-state index contributed by atoms with van der Waals surface area (Å²) in [5, 5.41) is 11.7. The molecular formula is C38H32N2O8. The Bertz CT molecular complexity index is 2020. The number of hydrogen-bond acceptors (Lipinski definition) is 9. The molecule has 48 heavy (non-hydrogen) atoms. The smallest absolute Gasteiger partial charge is 0.355 e. The maximum atomic E-state index is 14.5. The molecule has 0 amide bonds. The highest BCUT2D eigenvalue weighted by molar-refractivity contribution is 6.07. The van der Waals surface area contributed by atoms with Crippen LogP contribution in [0.3, 0.4) is 0 Å². The van der Waals surface area contributed by atoms with E-state index < -0.39 is 28.2 Å². The summed E-state index contributed by atoms with van der Waals surface area (Å²) in [5.41, 5.74) is 5.27. The van der Waals surface area contributed by atoms with Crippen LogP contribution in [-0.4, -0.2) is 56.7 Å². The summed E-state index contributed by atoms with van der Waals surface area (Å²) in [6.07, 6.45) is 2.58. The molecule has 1 unspecified atom stereocenters. The van der Waals surface area contributed by atoms with E-state index in [4.69, 9.17) is 18.9 Å². The summed E-state index contributed by atoms with van der Waals surface area (Å²) >= 11 is 0. The molecule has 4 aromatic rings. The summed E-state index contributed by atoms with van der Waals surface area (Å²) in [4.78, 5) is 41.8. The first-order valence-electron chi connectivity index (χ1n) is 15.4. The van der Waals surface area contributed by atoms with Crippen molar-refractivity contribution in [2.45, 2.75) is 17.8 Å². The summed E-state index contributed by atoms with van der Waals surface area (Å²) in [5.74, 6) is -0.994. The summed E-state index contributed by atoms with van der Waals surface area (Å²) in [6, 6.07) is 25.8. The topological polar surface area (TPSA) is 117 Å². The molecule has 0 fully saturated rings. The number of non-ortho nitro benzene ring substituents is 1. The van der Waals surface area contributed by atoms with E-state index in [0.717, 1.165) is 33.4 Å². The van der Waals surface area contributed by atoms with E-state index >= 15 is 0 Å². The number of benzene rings is 4. The molecule has 1 spiro atoms. The normalized spacial score (nSPS) is 16.9. The minimum absolute atomic E-state index is 0.0620. The summed E-state index contributed by atoms with van der Waals surface area (Å²) < 4.78 is 22.3. The van der Waals surface area contributed by atoms with E-state index in [1.54, 1.807) is 26.4 Å². The molecule has 2 heterocycles. The fourth-order valence-corrected chi connectivity index (χ4v) is 7.73. The predicted octanol–water partition coefficient (Wildman–Crippen LogP) is 6.18. The second kappa shape index (κ2) is 11.7. The van der Waals surface area contributed by atoms with Crippen LogP contribution in [0.2, 0.25) is 0 Å². The summed E-state index contributed by atoms with van der Waals surface area (Å²) in [6.45, 7) is 0.339. The highest BCUT2D eigenvalue weighted by atomic mass is 16.6. The highest BCUT2D eigenvalue weighted by Gasteiger charge is 2.58. The highest BCUT2D eigenvalue weighted by Crippen LogP contribution is 2.62. The van der Waals surface area contributed by atoms with Gasteiger partial charge in [-0.15, -0.1) is 0 Å². The Balaban J connectivity index is 1.69. The number of ether oxygens (including phenoxy) is 4. The first-order valence-corrected chi connectivity index (χ1v) is 15.4. The molecule has 10 heteroatoms. The molecule has 10 nitrogen and oxygen atoms in total. The van der Waals surface area contributed by atoms with Gasteiger partial charge >= 0.3 is 11.9 Å². The molecule has 2 aliphatic heterocycles. The number of nitro groups is 1. The Morgan fingerprint density at radius 3 is 1.94 bits per heavy atom. The van der Waals surface area contributed by atoms with Crippen LogP contribution in [0.25, 0.3) is 16.8 Å². The van der Waals surface area contributed by atoms with Gasteiger partial charge in [-0.25, -0.2) is 9.59 Å². The van der Waals surface area contributed by atoms with Crippen LogP contribution in [-0.2, 0) is 30.9 Å². The molecule has 3 aliphatic rings. The van der Waals surface area contributed by atoms with Crippen molar-refractivity contribution in [2.75, 3.05) is 35.0 Å². The Hall–Kier alpha value is -5.90. The van der Waals surface area contributed by atoms with Gasteiger partial charge in [0, 0.05) is 35.9 Å². The van der Waals surface area contributed by atoms with E-state index in [9.17, 15) is 19.7 Å². The standard InChI is InChI=1S/C38H32N2O8/c1-45-32-19-23-17-18-39-31(27(23)20-33(32)46-2)21-30(22-13-15-24(16-14-22)40(43)44)38(34(36(41)47-3)35(39)37(42)48-4)28-11-7-5-9-25(28)26-10-6-8-12-29(26)38/h5-16,19-21,30H,17-18H2,1-4H3. The molecule has 0 radical (unpaired) electrons. The number of hydrogen-bond donors (Lipinski definition) is 0. The van der Waals surface area contributed by atoms with E-state index in [2.05, 4.69) is 6.08 Å². The third kappa shape index (κ3) is 4.32. The maximum absolute atomic E-state index is 14.5. The zero-order valence-corrected chi connectivity index (χ0v) is 26.8. The third-order valence-electron chi connectivity index (χ3n) is 9.70. The lowest BCUT2D eigenvalue weighted by Crippen LogP contribution is -2.41. The number of rotatable bonds is 6. The molecule has 0 bridgehead atoms. The van der Waals surface area contributed by atoms with Crippen LogP contribution < -0.4 is 9.47 Å². The minimum Gasteiger partial charge on any atom is -0.493 e. The number of esters is 2. The van der Waals surface area contributed by atoms with Gasteiger partial charge in [0.25, 0.3) is 5.69 Å². The van der Waals surface area contributed by atoms with Gasteiger partial charge in [-0.2, -0.15) is 0 Å². The second-order valence-electron chi connectivity index (χ2n) is 11.8. The Labute approximate surface area is 277 Å². The monoisotopic (exact) mass is 644 g/mol. The van der Waals surface area contributed by atoms with Crippen LogP contribution in [0, 0.1) is 10.1 Å². The minimum atomic E-state index is -1.32. The van der Waals surface area contributed by atoms with Crippen molar-refractivity contribution in [3.05, 3.63) is 140 Å². The maximum Gasteiger partial charge on any atom is 0.355 e. The van der Waals surface area contributed by atoms with Crippen molar-refractivity contribution in [1.82, 2.24) is 4.90 Å². The molecule has 0 aromatic heterocycles. The molecule has 0 saturated heterocycles. The first kappa shape index (κ1) is 30.7. The van der Waals surface area contributed by atoms with Crippen LogP contribution in [0.1, 0.15) is 33.7 Å². The lowest BCUT2D eigenvalue weighted by atomic mass is 9.61. The van der Waals surface area contributed by atoms with Crippen molar-refractivity contribution in [2.24, 2.45) is 0 Å². The van der Waals surface area contributed by atoms with E-state index in [-0.39, 0.29) is 17.0 Å². The Morgan fingerprint density at radius 1 is 0.792 bits per heavy atom. The molecule has 7 rings (SSSR count). The average Bonchev–Trinajstić information content (AvgIpc) is 3.33. The van der Waals surface area contributed by atoms with Crippen molar-refractivity contribution >= 4 is 23.3 Å². The number of allylic oxidation sites excluding steroid dienone is 1. The third-order valence-corrected chi connectivity index (χ3v) is 9.70. The number of carbonyl (C=O) groups excluding carboxylic acids is 2. The van der Waals surface area contributed by atoms with E-state index in [1.807, 2.05) is 65.6 Å². The zero-order chi connectivity index (χ0) is 33.7. The van der Waals surface area contributed by atoms with Crippen LogP contribution in [0.4, 0.5) is 5.69 Å². The number of carbonyl (C=O) groups is 2. The zero-order valence-electron chi connectivity index (χ0n) is 26.8. The largest absolute Gasteiger partial charge is 0.493 e. The first-order chi connectivity index (χ1) is 23.3. The van der Waals surface area contributed by atoms with Gasteiger partial charge in [0.1, 0.15) is 5.70 Å². The van der Waals surface area contributed by atoms with Gasteiger partial charge in [0.05, 0.1) is 44.4 Å². The van der Waals surface area contributed by atoms with Crippen LogP contribution in [0.5, 0.6) is 11.5 Å². The fraction of sp³-hybridized carbons (Fsp3) is 0.211. The Morgan fingerprint density at radius 2 is 1.38 bits per heavy atom. The van der Waals surface area contributed by atoms with E-state index in [1.165, 1.54) is 26.4 Å². The number of nitrogens with zero attached hydrogens (tertiary/aromatic N) is 2. The molecule has 0 N–H and O–H groups in total. The van der Waals surface area contributed by atoms with E-state index in [0.29, 0.717) is 35.7 Å². The van der Waals surface area contributed by atoms with Crippen molar-refractivity contribution in [1.29, 1.82) is 0 Å². The molecule has 4 aromatic carbocycles. The Kier molecular flexibility index (Phi) is 7.50. The molecule has 242 valence electrons. The fourth-order valence-electron chi connectivity index (χ4n) is 7.73. The molecule has 1 atom stereocenters. The predicted molar refractivity (Wildman–Crippen MR) is 177 cm³/mol. The lowest BCUT2D eigenvalue weighted by molar-refractivity contribution is -0.384. The molecule has 0 saturated carbocycles. The van der Waals surface area contributed by atoms with Gasteiger partial charge in [-0.05, 0) is 51.9 Å². The van der Waals surface area contributed by atoms with Crippen LogP contribution >= 0.6 is 0 Å². The van der Waals surface area contributed by atoms with Crippen LogP contribution in [0.15, 0.2) is 102 Å². The van der Waals surface area contributed by atoms with Crippen molar-refractivity contribution in [3.8, 4) is 22.6 Å². The van der Waals surface area contributed by atoms with Crippen molar-refractivity contribution in [3.63, 3.8) is 0 Å². The SMILES string of the molecule is COC(=O)C1=C(C(=O)OC)C2(c3ccccc3-c3ccccc32)C(c2ccc([N+](=O)[O-])cc2)C=C2c3cc(OC)c(OC)cc3CCN21.